The number of nitrogens with zero attached hydrogens (tertiary/aromatic N) is 1. The second-order valence-corrected chi connectivity index (χ2v) is 5.83. The average molecular weight is 242 g/mol. The van der Waals surface area contributed by atoms with Gasteiger partial charge in [-0.25, -0.2) is 0 Å². The first-order valence-corrected chi connectivity index (χ1v) is 6.40. The lowest BCUT2D eigenvalue weighted by Crippen LogP contribution is -2.46. The fourth-order valence-corrected chi connectivity index (χ4v) is 2.59. The maximum absolute atomic E-state index is 8.45. The van der Waals surface area contributed by atoms with E-state index < -0.39 is 0 Å². The molecule has 1 aliphatic rings. The standard InChI is InChI=1S/C12H26N4O/c1-12(2)6-3-4-10(9(13)8-12)15-7-5-11(14)16-17/h9-10,15,17H,3-8,13H2,1-2H3,(H2,14,16). The van der Waals surface area contributed by atoms with E-state index >= 15 is 0 Å². The Hall–Kier alpha value is -0.810. The fourth-order valence-electron chi connectivity index (χ4n) is 2.59. The molecule has 17 heavy (non-hydrogen) atoms. The quantitative estimate of drug-likeness (QED) is 0.194. The molecule has 2 atom stereocenters. The second kappa shape index (κ2) is 6.21. The van der Waals surface area contributed by atoms with Gasteiger partial charge in [-0.3, -0.25) is 0 Å². The highest BCUT2D eigenvalue weighted by Crippen LogP contribution is 2.33. The van der Waals surface area contributed by atoms with Crippen molar-refractivity contribution < 1.29 is 5.21 Å². The topological polar surface area (TPSA) is 96.7 Å². The minimum absolute atomic E-state index is 0.194. The Morgan fingerprint density at radius 1 is 1.53 bits per heavy atom. The molecule has 1 saturated carbocycles. The summed E-state index contributed by atoms with van der Waals surface area (Å²) < 4.78 is 0. The maximum Gasteiger partial charge on any atom is 0.140 e. The molecular weight excluding hydrogens is 216 g/mol. The lowest BCUT2D eigenvalue weighted by Gasteiger charge is -2.28. The maximum atomic E-state index is 8.45. The van der Waals surface area contributed by atoms with E-state index in [-0.39, 0.29) is 11.9 Å². The van der Waals surface area contributed by atoms with E-state index in [0.717, 1.165) is 12.8 Å². The van der Waals surface area contributed by atoms with E-state index in [2.05, 4.69) is 24.3 Å². The molecule has 0 saturated heterocycles. The molecule has 0 bridgehead atoms. The molecule has 0 aromatic heterocycles. The third kappa shape index (κ3) is 4.91. The van der Waals surface area contributed by atoms with Crippen molar-refractivity contribution in [3.05, 3.63) is 0 Å². The van der Waals surface area contributed by atoms with Crippen LogP contribution in [0.1, 0.15) is 46.0 Å². The molecule has 0 aromatic rings. The van der Waals surface area contributed by atoms with Gasteiger partial charge in [0, 0.05) is 25.0 Å². The summed E-state index contributed by atoms with van der Waals surface area (Å²) in [7, 11) is 0. The number of oxime groups is 1. The molecular formula is C12H26N4O. The summed E-state index contributed by atoms with van der Waals surface area (Å²) >= 11 is 0. The first-order valence-electron chi connectivity index (χ1n) is 6.40. The zero-order valence-electron chi connectivity index (χ0n) is 10.9. The van der Waals surface area contributed by atoms with Crippen molar-refractivity contribution in [3.63, 3.8) is 0 Å². The van der Waals surface area contributed by atoms with E-state index in [1.165, 1.54) is 12.8 Å². The van der Waals surface area contributed by atoms with Crippen molar-refractivity contribution >= 4 is 5.84 Å². The van der Waals surface area contributed by atoms with Crippen LogP contribution in [-0.4, -0.2) is 29.7 Å². The number of amidine groups is 1. The Bertz CT molecular complexity index is 265. The fraction of sp³-hybridized carbons (Fsp3) is 0.917. The highest BCUT2D eigenvalue weighted by molar-refractivity contribution is 5.79. The van der Waals surface area contributed by atoms with Crippen molar-refractivity contribution in [3.8, 4) is 0 Å². The van der Waals surface area contributed by atoms with Crippen LogP contribution in [0.3, 0.4) is 0 Å². The third-order valence-electron chi connectivity index (χ3n) is 3.59. The first kappa shape index (κ1) is 14.3. The molecule has 2 unspecified atom stereocenters. The molecule has 0 aliphatic heterocycles. The van der Waals surface area contributed by atoms with Crippen molar-refractivity contribution in [2.45, 2.75) is 58.0 Å². The van der Waals surface area contributed by atoms with Gasteiger partial charge in [0.2, 0.25) is 0 Å². The van der Waals surface area contributed by atoms with E-state index in [1.54, 1.807) is 0 Å². The number of nitrogens with one attached hydrogen (secondary N) is 1. The number of hydrogen-bond donors (Lipinski definition) is 4. The van der Waals surface area contributed by atoms with Gasteiger partial charge < -0.3 is 22.0 Å². The van der Waals surface area contributed by atoms with Gasteiger partial charge in [-0.15, -0.1) is 0 Å². The van der Waals surface area contributed by atoms with E-state index in [4.69, 9.17) is 16.7 Å². The Labute approximate surface area is 104 Å². The largest absolute Gasteiger partial charge is 0.409 e. The van der Waals surface area contributed by atoms with Gasteiger partial charge in [-0.05, 0) is 24.7 Å². The average Bonchev–Trinajstić information content (AvgIpc) is 2.37. The summed E-state index contributed by atoms with van der Waals surface area (Å²) in [5.74, 6) is 0.264. The third-order valence-corrected chi connectivity index (χ3v) is 3.59. The highest BCUT2D eigenvalue weighted by atomic mass is 16.4. The van der Waals surface area contributed by atoms with E-state index in [9.17, 15) is 0 Å². The van der Waals surface area contributed by atoms with Gasteiger partial charge in [-0.1, -0.05) is 25.4 Å². The summed E-state index contributed by atoms with van der Waals surface area (Å²) in [6.45, 7) is 5.28. The van der Waals surface area contributed by atoms with Gasteiger partial charge in [0.25, 0.3) is 0 Å². The summed E-state index contributed by atoms with van der Waals surface area (Å²) in [6, 6.07) is 0.544. The molecule has 1 rings (SSSR count). The van der Waals surface area contributed by atoms with Crippen LogP contribution in [0, 0.1) is 5.41 Å². The van der Waals surface area contributed by atoms with Crippen LogP contribution in [-0.2, 0) is 0 Å². The predicted molar refractivity (Wildman–Crippen MR) is 70.0 cm³/mol. The van der Waals surface area contributed by atoms with Crippen LogP contribution in [0.15, 0.2) is 5.16 Å². The monoisotopic (exact) mass is 242 g/mol. The van der Waals surface area contributed by atoms with Gasteiger partial charge in [0.1, 0.15) is 5.84 Å². The predicted octanol–water partition coefficient (Wildman–Crippen LogP) is 1.01. The van der Waals surface area contributed by atoms with Gasteiger partial charge in [-0.2, -0.15) is 0 Å². The molecule has 1 aliphatic carbocycles. The molecule has 1 fully saturated rings. The van der Waals surface area contributed by atoms with Crippen LogP contribution in [0.4, 0.5) is 0 Å². The normalized spacial score (nSPS) is 29.9. The molecule has 0 heterocycles. The van der Waals surface area contributed by atoms with Crippen LogP contribution < -0.4 is 16.8 Å². The highest BCUT2D eigenvalue weighted by Gasteiger charge is 2.29. The lowest BCUT2D eigenvalue weighted by atomic mass is 9.83. The Morgan fingerprint density at radius 2 is 2.24 bits per heavy atom. The van der Waals surface area contributed by atoms with Crippen LogP contribution in [0.5, 0.6) is 0 Å². The van der Waals surface area contributed by atoms with E-state index in [1.807, 2.05) is 0 Å². The van der Waals surface area contributed by atoms with Gasteiger partial charge in [0.15, 0.2) is 0 Å². The number of hydrogen-bond acceptors (Lipinski definition) is 4. The molecule has 0 radical (unpaired) electrons. The molecule has 6 N–H and O–H groups in total. The minimum Gasteiger partial charge on any atom is -0.409 e. The molecule has 5 nitrogen and oxygen atoms in total. The van der Waals surface area contributed by atoms with Crippen molar-refractivity contribution in [2.75, 3.05) is 6.54 Å². The summed E-state index contributed by atoms with van der Waals surface area (Å²) in [4.78, 5) is 0. The van der Waals surface area contributed by atoms with Crippen molar-refractivity contribution in [1.82, 2.24) is 5.32 Å². The molecule has 0 amide bonds. The SMILES string of the molecule is CC1(C)CCCC(NCC/C(N)=N/O)C(N)C1. The molecule has 100 valence electrons. The first-order chi connectivity index (χ1) is 7.94. The van der Waals surface area contributed by atoms with Crippen LogP contribution >= 0.6 is 0 Å². The Morgan fingerprint density at radius 3 is 2.88 bits per heavy atom. The lowest BCUT2D eigenvalue weighted by molar-refractivity contribution is 0.288. The zero-order valence-corrected chi connectivity index (χ0v) is 10.9. The van der Waals surface area contributed by atoms with Crippen molar-refractivity contribution in [2.24, 2.45) is 22.0 Å². The summed E-state index contributed by atoms with van der Waals surface area (Å²) in [5.41, 5.74) is 12.0. The van der Waals surface area contributed by atoms with Crippen LogP contribution in [0.25, 0.3) is 0 Å². The second-order valence-electron chi connectivity index (χ2n) is 5.83. The van der Waals surface area contributed by atoms with E-state index in [0.29, 0.717) is 24.4 Å². The Kier molecular flexibility index (Phi) is 5.21. The molecule has 0 aromatic carbocycles. The van der Waals surface area contributed by atoms with Crippen LogP contribution in [0.2, 0.25) is 0 Å². The molecule has 5 heteroatoms. The number of rotatable bonds is 4. The van der Waals surface area contributed by atoms with Gasteiger partial charge in [0.05, 0.1) is 0 Å². The smallest absolute Gasteiger partial charge is 0.140 e. The van der Waals surface area contributed by atoms with Gasteiger partial charge >= 0.3 is 0 Å². The molecule has 0 spiro atoms. The Balaban J connectivity index is 2.38. The minimum atomic E-state index is 0.194. The zero-order chi connectivity index (χ0) is 12.9. The van der Waals surface area contributed by atoms with Crippen molar-refractivity contribution in [1.29, 1.82) is 0 Å². The summed E-state index contributed by atoms with van der Waals surface area (Å²) in [6.07, 6.45) is 5.17. The number of nitrogens with two attached hydrogens (primary N) is 2. The summed E-state index contributed by atoms with van der Waals surface area (Å²) in [5, 5.41) is 14.8.